The van der Waals surface area contributed by atoms with Crippen molar-refractivity contribution >= 4 is 17.5 Å². The quantitative estimate of drug-likeness (QED) is 0.438. The molecule has 0 aliphatic heterocycles. The smallest absolute Gasteiger partial charge is 0.251 e. The van der Waals surface area contributed by atoms with E-state index in [0.717, 1.165) is 28.1 Å². The molecule has 1 unspecified atom stereocenters. The Balaban J connectivity index is 1.46. The fourth-order valence-electron chi connectivity index (χ4n) is 3.14. The predicted molar refractivity (Wildman–Crippen MR) is 117 cm³/mol. The van der Waals surface area contributed by atoms with Crippen molar-refractivity contribution in [3.05, 3.63) is 101 Å². The van der Waals surface area contributed by atoms with E-state index < -0.39 is 0 Å². The molecule has 29 heavy (non-hydrogen) atoms. The van der Waals surface area contributed by atoms with E-state index in [4.69, 9.17) is 11.6 Å². The number of rotatable bonds is 5. The van der Waals surface area contributed by atoms with Crippen molar-refractivity contribution in [2.75, 3.05) is 0 Å². The minimum absolute atomic E-state index is 0.0587. The third-order valence-electron chi connectivity index (χ3n) is 4.82. The van der Waals surface area contributed by atoms with E-state index in [9.17, 15) is 4.79 Å². The van der Waals surface area contributed by atoms with Crippen LogP contribution in [0.4, 0.5) is 0 Å². The summed E-state index contributed by atoms with van der Waals surface area (Å²) in [5.41, 5.74) is 5.37. The van der Waals surface area contributed by atoms with Crippen LogP contribution in [0, 0.1) is 0 Å². The maximum Gasteiger partial charge on any atom is 0.251 e. The lowest BCUT2D eigenvalue weighted by atomic mass is 10.1. The molecular formula is C24H20ClN3O. The van der Waals surface area contributed by atoms with Gasteiger partial charge in [0.1, 0.15) is 0 Å². The fourth-order valence-corrected chi connectivity index (χ4v) is 3.27. The zero-order chi connectivity index (χ0) is 20.2. The van der Waals surface area contributed by atoms with Crippen LogP contribution < -0.4 is 5.32 Å². The molecule has 4 aromatic rings. The number of halogens is 1. The average molecular weight is 402 g/mol. The number of carbonyl (C=O) groups is 1. The SMILES string of the molecule is CC(NC(=O)c1ccc(-c2cc(-c3ccc(Cl)cc3)[nH]n2)cc1)c1ccccc1. The zero-order valence-electron chi connectivity index (χ0n) is 15.9. The molecule has 2 N–H and O–H groups in total. The third-order valence-corrected chi connectivity index (χ3v) is 5.08. The Bertz CT molecular complexity index is 1100. The first-order chi connectivity index (χ1) is 14.1. The van der Waals surface area contributed by atoms with Gasteiger partial charge in [-0.2, -0.15) is 5.10 Å². The number of nitrogens with one attached hydrogen (secondary N) is 2. The number of benzene rings is 3. The first-order valence-electron chi connectivity index (χ1n) is 9.38. The first kappa shape index (κ1) is 19.0. The van der Waals surface area contributed by atoms with Crippen LogP contribution in [0.3, 0.4) is 0 Å². The van der Waals surface area contributed by atoms with Crippen molar-refractivity contribution in [1.29, 1.82) is 0 Å². The van der Waals surface area contributed by atoms with Gasteiger partial charge in [-0.1, -0.05) is 66.2 Å². The molecule has 4 nitrogen and oxygen atoms in total. The van der Waals surface area contributed by atoms with Gasteiger partial charge in [-0.15, -0.1) is 0 Å². The third kappa shape index (κ3) is 4.39. The summed E-state index contributed by atoms with van der Waals surface area (Å²) in [7, 11) is 0. The molecular weight excluding hydrogens is 382 g/mol. The number of aromatic amines is 1. The molecule has 0 spiro atoms. The zero-order valence-corrected chi connectivity index (χ0v) is 16.6. The monoisotopic (exact) mass is 401 g/mol. The number of nitrogens with zero attached hydrogens (tertiary/aromatic N) is 1. The fraction of sp³-hybridized carbons (Fsp3) is 0.0833. The number of H-pyrrole nitrogens is 1. The van der Waals surface area contributed by atoms with Crippen LogP contribution in [-0.4, -0.2) is 16.1 Å². The van der Waals surface area contributed by atoms with Crippen molar-refractivity contribution in [1.82, 2.24) is 15.5 Å². The van der Waals surface area contributed by atoms with E-state index in [1.807, 2.05) is 91.9 Å². The van der Waals surface area contributed by atoms with Crippen LogP contribution in [0.5, 0.6) is 0 Å². The summed E-state index contributed by atoms with van der Waals surface area (Å²) in [5.74, 6) is -0.100. The molecule has 0 saturated carbocycles. The molecule has 1 amide bonds. The highest BCUT2D eigenvalue weighted by Gasteiger charge is 2.12. The molecule has 0 aliphatic carbocycles. The normalized spacial score (nSPS) is 11.8. The van der Waals surface area contributed by atoms with Gasteiger partial charge in [0.15, 0.2) is 0 Å². The molecule has 0 aliphatic rings. The topological polar surface area (TPSA) is 57.8 Å². The Morgan fingerprint density at radius 1 is 0.931 bits per heavy atom. The standard InChI is InChI=1S/C24H20ClN3O/c1-16(17-5-3-2-4-6-17)26-24(29)20-9-7-18(8-10-20)22-15-23(28-27-22)19-11-13-21(25)14-12-19/h2-16H,1H3,(H,26,29)(H,27,28). The van der Waals surface area contributed by atoms with Gasteiger partial charge in [-0.3, -0.25) is 9.89 Å². The lowest BCUT2D eigenvalue weighted by molar-refractivity contribution is 0.0940. The predicted octanol–water partition coefficient (Wildman–Crippen LogP) is 5.89. The van der Waals surface area contributed by atoms with E-state index in [-0.39, 0.29) is 11.9 Å². The number of carbonyl (C=O) groups excluding carboxylic acids is 1. The second-order valence-electron chi connectivity index (χ2n) is 6.86. The molecule has 0 saturated heterocycles. The Kier molecular flexibility index (Phi) is 5.45. The van der Waals surface area contributed by atoms with Crippen molar-refractivity contribution in [3.63, 3.8) is 0 Å². The number of hydrogen-bond donors (Lipinski definition) is 2. The van der Waals surface area contributed by atoms with Crippen molar-refractivity contribution in [3.8, 4) is 22.5 Å². The Morgan fingerprint density at radius 2 is 1.59 bits per heavy atom. The minimum atomic E-state index is -0.100. The Labute approximate surface area is 174 Å². The van der Waals surface area contributed by atoms with Crippen molar-refractivity contribution in [2.24, 2.45) is 0 Å². The summed E-state index contributed by atoms with van der Waals surface area (Å²) in [6.07, 6.45) is 0. The molecule has 4 rings (SSSR count). The molecule has 1 atom stereocenters. The summed E-state index contributed by atoms with van der Waals surface area (Å²) in [6, 6.07) is 26.9. The van der Waals surface area contributed by atoms with Crippen LogP contribution in [0.15, 0.2) is 84.9 Å². The van der Waals surface area contributed by atoms with Gasteiger partial charge in [0, 0.05) is 16.1 Å². The first-order valence-corrected chi connectivity index (χ1v) is 9.75. The second-order valence-corrected chi connectivity index (χ2v) is 7.29. The Hall–Kier alpha value is -3.37. The summed E-state index contributed by atoms with van der Waals surface area (Å²) < 4.78 is 0. The molecule has 3 aromatic carbocycles. The highest BCUT2D eigenvalue weighted by molar-refractivity contribution is 6.30. The van der Waals surface area contributed by atoms with E-state index in [1.54, 1.807) is 0 Å². The van der Waals surface area contributed by atoms with E-state index >= 15 is 0 Å². The lowest BCUT2D eigenvalue weighted by Crippen LogP contribution is -2.26. The molecule has 0 fully saturated rings. The minimum Gasteiger partial charge on any atom is -0.346 e. The maximum atomic E-state index is 12.5. The summed E-state index contributed by atoms with van der Waals surface area (Å²) in [4.78, 5) is 12.5. The van der Waals surface area contributed by atoms with Crippen LogP contribution in [0.2, 0.25) is 5.02 Å². The number of aromatic nitrogens is 2. The molecule has 5 heteroatoms. The number of hydrogen-bond acceptors (Lipinski definition) is 2. The Morgan fingerprint density at radius 3 is 2.28 bits per heavy atom. The van der Waals surface area contributed by atoms with Crippen LogP contribution in [0.25, 0.3) is 22.5 Å². The maximum absolute atomic E-state index is 12.5. The van der Waals surface area contributed by atoms with Gasteiger partial charge < -0.3 is 5.32 Å². The highest BCUT2D eigenvalue weighted by Crippen LogP contribution is 2.25. The van der Waals surface area contributed by atoms with Gasteiger partial charge in [0.25, 0.3) is 5.91 Å². The van der Waals surface area contributed by atoms with E-state index in [1.165, 1.54) is 0 Å². The highest BCUT2D eigenvalue weighted by atomic mass is 35.5. The molecule has 1 heterocycles. The van der Waals surface area contributed by atoms with Crippen LogP contribution in [0.1, 0.15) is 28.9 Å². The second kappa shape index (κ2) is 8.33. The van der Waals surface area contributed by atoms with Gasteiger partial charge in [-0.25, -0.2) is 0 Å². The van der Waals surface area contributed by atoms with E-state index in [2.05, 4.69) is 15.5 Å². The van der Waals surface area contributed by atoms with Crippen molar-refractivity contribution in [2.45, 2.75) is 13.0 Å². The summed E-state index contributed by atoms with van der Waals surface area (Å²) >= 11 is 5.95. The molecule has 0 bridgehead atoms. The molecule has 144 valence electrons. The van der Waals surface area contributed by atoms with Crippen LogP contribution in [-0.2, 0) is 0 Å². The lowest BCUT2D eigenvalue weighted by Gasteiger charge is -2.14. The average Bonchev–Trinajstić information content (AvgIpc) is 3.25. The van der Waals surface area contributed by atoms with Crippen molar-refractivity contribution < 1.29 is 4.79 Å². The molecule has 0 radical (unpaired) electrons. The van der Waals surface area contributed by atoms with Gasteiger partial charge in [-0.05, 0) is 48.4 Å². The number of amides is 1. The van der Waals surface area contributed by atoms with Gasteiger partial charge in [0.2, 0.25) is 0 Å². The summed E-state index contributed by atoms with van der Waals surface area (Å²) in [5, 5.41) is 11.2. The summed E-state index contributed by atoms with van der Waals surface area (Å²) in [6.45, 7) is 1.98. The molecule has 1 aromatic heterocycles. The largest absolute Gasteiger partial charge is 0.346 e. The van der Waals surface area contributed by atoms with Gasteiger partial charge in [0.05, 0.1) is 17.4 Å². The van der Waals surface area contributed by atoms with Gasteiger partial charge >= 0.3 is 0 Å². The van der Waals surface area contributed by atoms with E-state index in [0.29, 0.717) is 10.6 Å². The van der Waals surface area contributed by atoms with Crippen LogP contribution >= 0.6 is 11.6 Å².